The van der Waals surface area contributed by atoms with Gasteiger partial charge in [0.15, 0.2) is 0 Å². The van der Waals surface area contributed by atoms with Gasteiger partial charge in [-0.1, -0.05) is 26.8 Å². The predicted octanol–water partition coefficient (Wildman–Crippen LogP) is 2.14. The average molecular weight is 278 g/mol. The van der Waals surface area contributed by atoms with Crippen LogP contribution in [0.15, 0.2) is 30.5 Å². The van der Waals surface area contributed by atoms with E-state index in [1.54, 1.807) is 24.4 Å². The van der Waals surface area contributed by atoms with Gasteiger partial charge in [0, 0.05) is 6.20 Å². The van der Waals surface area contributed by atoms with E-state index in [0.29, 0.717) is 11.5 Å². The molecular weight excluding hydrogens is 256 g/mol. The minimum atomic E-state index is -0.788. The molecule has 0 aliphatic rings. The van der Waals surface area contributed by atoms with Gasteiger partial charge in [0.1, 0.15) is 12.4 Å². The molecule has 0 radical (unpaired) electrons. The fourth-order valence-electron chi connectivity index (χ4n) is 1.56. The van der Waals surface area contributed by atoms with Crippen molar-refractivity contribution < 1.29 is 9.53 Å². The zero-order valence-electron chi connectivity index (χ0n) is 12.1. The van der Waals surface area contributed by atoms with Gasteiger partial charge in [0.05, 0.1) is 11.7 Å². The van der Waals surface area contributed by atoms with Crippen LogP contribution < -0.4 is 16.8 Å². The summed E-state index contributed by atoms with van der Waals surface area (Å²) in [6.45, 7) is 6.40. The molecular formula is C14H22N4O2. The topological polar surface area (TPSA) is 103 Å². The van der Waals surface area contributed by atoms with Crippen molar-refractivity contribution in [2.75, 3.05) is 17.7 Å². The standard InChI is InChI=1S/C14H22N4O2/c1-14(2,3)11(7-5-9-20-13(16)19)18-12-10(15)6-4-8-17-12/h4-8,11H,9,15H2,1-3H3,(H2,16,19)(H,17,18). The number of ether oxygens (including phenoxy) is 1. The lowest BCUT2D eigenvalue weighted by atomic mass is 9.86. The molecule has 110 valence electrons. The summed E-state index contributed by atoms with van der Waals surface area (Å²) in [5.74, 6) is 0.632. The predicted molar refractivity (Wildman–Crippen MR) is 80.2 cm³/mol. The maximum Gasteiger partial charge on any atom is 0.404 e. The molecule has 0 aromatic carbocycles. The van der Waals surface area contributed by atoms with Crippen molar-refractivity contribution in [3.8, 4) is 0 Å². The number of rotatable bonds is 5. The van der Waals surface area contributed by atoms with Crippen LogP contribution in [-0.4, -0.2) is 23.7 Å². The van der Waals surface area contributed by atoms with Crippen LogP contribution >= 0.6 is 0 Å². The first-order valence-corrected chi connectivity index (χ1v) is 6.36. The molecule has 1 aromatic heterocycles. The molecule has 5 N–H and O–H groups in total. The molecule has 0 spiro atoms. The van der Waals surface area contributed by atoms with E-state index in [4.69, 9.17) is 11.5 Å². The highest BCUT2D eigenvalue weighted by atomic mass is 16.5. The van der Waals surface area contributed by atoms with Gasteiger partial charge < -0.3 is 21.5 Å². The molecule has 0 bridgehead atoms. The van der Waals surface area contributed by atoms with Crippen LogP contribution in [0, 0.1) is 5.41 Å². The Morgan fingerprint density at radius 1 is 1.55 bits per heavy atom. The summed E-state index contributed by atoms with van der Waals surface area (Å²) in [6.07, 6.45) is 4.55. The summed E-state index contributed by atoms with van der Waals surface area (Å²) in [7, 11) is 0. The smallest absolute Gasteiger partial charge is 0.404 e. The average Bonchev–Trinajstić information content (AvgIpc) is 2.33. The Morgan fingerprint density at radius 2 is 2.25 bits per heavy atom. The van der Waals surface area contributed by atoms with Gasteiger partial charge in [-0.15, -0.1) is 0 Å². The first-order chi connectivity index (χ1) is 9.30. The van der Waals surface area contributed by atoms with Crippen LogP contribution in [0.25, 0.3) is 0 Å². The number of primary amides is 1. The first kappa shape index (κ1) is 15.8. The van der Waals surface area contributed by atoms with Gasteiger partial charge in [-0.25, -0.2) is 9.78 Å². The quantitative estimate of drug-likeness (QED) is 0.716. The third-order valence-electron chi connectivity index (χ3n) is 2.71. The summed E-state index contributed by atoms with van der Waals surface area (Å²) < 4.78 is 4.66. The highest BCUT2D eigenvalue weighted by Crippen LogP contribution is 2.25. The fraction of sp³-hybridized carbons (Fsp3) is 0.429. The first-order valence-electron chi connectivity index (χ1n) is 6.36. The number of carbonyl (C=O) groups is 1. The zero-order valence-corrected chi connectivity index (χ0v) is 12.1. The number of hydrogen-bond donors (Lipinski definition) is 3. The lowest BCUT2D eigenvalue weighted by molar-refractivity contribution is 0.169. The van der Waals surface area contributed by atoms with E-state index in [-0.39, 0.29) is 18.1 Å². The third kappa shape index (κ3) is 5.17. The molecule has 6 nitrogen and oxygen atoms in total. The number of anilines is 2. The van der Waals surface area contributed by atoms with E-state index in [9.17, 15) is 4.79 Å². The monoisotopic (exact) mass is 278 g/mol. The van der Waals surface area contributed by atoms with E-state index in [0.717, 1.165) is 0 Å². The maximum absolute atomic E-state index is 10.5. The maximum atomic E-state index is 10.5. The second-order valence-corrected chi connectivity index (χ2v) is 5.49. The molecule has 0 fully saturated rings. The minimum absolute atomic E-state index is 0.0174. The molecule has 0 aliphatic carbocycles. The van der Waals surface area contributed by atoms with E-state index in [1.807, 2.05) is 6.08 Å². The molecule has 1 aromatic rings. The summed E-state index contributed by atoms with van der Waals surface area (Å²) >= 11 is 0. The number of aromatic nitrogens is 1. The van der Waals surface area contributed by atoms with E-state index in [2.05, 4.69) is 35.8 Å². The van der Waals surface area contributed by atoms with Crippen molar-refractivity contribution >= 4 is 17.6 Å². The number of nitrogen functional groups attached to an aromatic ring is 1. The number of carbonyl (C=O) groups excluding carboxylic acids is 1. The molecule has 20 heavy (non-hydrogen) atoms. The van der Waals surface area contributed by atoms with Crippen molar-refractivity contribution in [2.24, 2.45) is 11.1 Å². The Morgan fingerprint density at radius 3 is 2.80 bits per heavy atom. The van der Waals surface area contributed by atoms with Crippen LogP contribution in [-0.2, 0) is 4.74 Å². The van der Waals surface area contributed by atoms with E-state index < -0.39 is 6.09 Å². The van der Waals surface area contributed by atoms with Crippen molar-refractivity contribution in [3.63, 3.8) is 0 Å². The Kier molecular flexibility index (Phi) is 5.37. The lowest BCUT2D eigenvalue weighted by Gasteiger charge is -2.29. The third-order valence-corrected chi connectivity index (χ3v) is 2.71. The number of nitrogens with two attached hydrogens (primary N) is 2. The molecule has 1 unspecified atom stereocenters. The van der Waals surface area contributed by atoms with Crippen LogP contribution in [0.5, 0.6) is 0 Å². The summed E-state index contributed by atoms with van der Waals surface area (Å²) in [6, 6.07) is 3.55. The van der Waals surface area contributed by atoms with E-state index >= 15 is 0 Å². The molecule has 1 amide bonds. The summed E-state index contributed by atoms with van der Waals surface area (Å²) in [5.41, 5.74) is 11.3. The number of hydrogen-bond acceptors (Lipinski definition) is 5. The van der Waals surface area contributed by atoms with Crippen molar-refractivity contribution in [1.29, 1.82) is 0 Å². The van der Waals surface area contributed by atoms with Crippen LogP contribution in [0.3, 0.4) is 0 Å². The second kappa shape index (κ2) is 6.79. The second-order valence-electron chi connectivity index (χ2n) is 5.49. The fourth-order valence-corrected chi connectivity index (χ4v) is 1.56. The number of nitrogens with one attached hydrogen (secondary N) is 1. The van der Waals surface area contributed by atoms with Gasteiger partial charge in [0.25, 0.3) is 0 Å². The largest absolute Gasteiger partial charge is 0.445 e. The van der Waals surface area contributed by atoms with Gasteiger partial charge in [-0.3, -0.25) is 0 Å². The van der Waals surface area contributed by atoms with Crippen LogP contribution in [0.1, 0.15) is 20.8 Å². The molecule has 0 aliphatic heterocycles. The Balaban J connectivity index is 2.76. The SMILES string of the molecule is CC(C)(C)C(C=CCOC(N)=O)Nc1ncccc1N. The number of pyridine rings is 1. The Hall–Kier alpha value is -2.24. The van der Waals surface area contributed by atoms with Gasteiger partial charge in [-0.2, -0.15) is 0 Å². The highest BCUT2D eigenvalue weighted by molar-refractivity contribution is 5.64. The summed E-state index contributed by atoms with van der Waals surface area (Å²) in [5, 5.41) is 3.28. The molecule has 6 heteroatoms. The summed E-state index contributed by atoms with van der Waals surface area (Å²) in [4.78, 5) is 14.7. The van der Waals surface area contributed by atoms with E-state index in [1.165, 1.54) is 0 Å². The Bertz CT molecular complexity index is 480. The number of amides is 1. The highest BCUT2D eigenvalue weighted by Gasteiger charge is 2.22. The van der Waals surface area contributed by atoms with Gasteiger partial charge in [0.2, 0.25) is 0 Å². The molecule has 1 heterocycles. The van der Waals surface area contributed by atoms with Gasteiger partial charge >= 0.3 is 6.09 Å². The molecule has 1 rings (SSSR count). The van der Waals surface area contributed by atoms with Crippen LogP contribution in [0.2, 0.25) is 0 Å². The zero-order chi connectivity index (χ0) is 15.2. The van der Waals surface area contributed by atoms with Crippen LogP contribution in [0.4, 0.5) is 16.3 Å². The number of nitrogens with zero attached hydrogens (tertiary/aromatic N) is 1. The van der Waals surface area contributed by atoms with Gasteiger partial charge in [-0.05, 0) is 23.6 Å². The Labute approximate surface area is 119 Å². The lowest BCUT2D eigenvalue weighted by Crippen LogP contribution is -2.32. The van der Waals surface area contributed by atoms with Crippen molar-refractivity contribution in [2.45, 2.75) is 26.8 Å². The molecule has 1 atom stereocenters. The molecule has 0 saturated carbocycles. The van der Waals surface area contributed by atoms with Crippen molar-refractivity contribution in [3.05, 3.63) is 30.5 Å². The normalized spacial score (nSPS) is 13.2. The molecule has 0 saturated heterocycles. The minimum Gasteiger partial charge on any atom is -0.445 e. The van der Waals surface area contributed by atoms with Crippen molar-refractivity contribution in [1.82, 2.24) is 4.98 Å².